The highest BCUT2D eigenvalue weighted by Gasteiger charge is 2.07. The minimum absolute atomic E-state index is 0.201. The van der Waals surface area contributed by atoms with E-state index in [1.165, 1.54) is 4.57 Å². The largest absolute Gasteiger partial charge is 0.298 e. The highest BCUT2D eigenvalue weighted by Crippen LogP contribution is 2.09. The number of carbonyl (C=O) groups excluding carboxylic acids is 1. The Kier molecular flexibility index (Phi) is 3.19. The fraction of sp³-hybridized carbons (Fsp3) is 0. The summed E-state index contributed by atoms with van der Waals surface area (Å²) in [7, 11) is 0. The minimum atomic E-state index is -0.284. The van der Waals surface area contributed by atoms with Gasteiger partial charge < -0.3 is 0 Å². The van der Waals surface area contributed by atoms with E-state index in [-0.39, 0.29) is 11.1 Å². The number of pyridine rings is 1. The lowest BCUT2D eigenvalue weighted by Crippen LogP contribution is -2.22. The van der Waals surface area contributed by atoms with Crippen molar-refractivity contribution in [2.45, 2.75) is 0 Å². The summed E-state index contributed by atoms with van der Waals surface area (Å²) in [5.74, 6) is 0. The first-order valence-electron chi connectivity index (χ1n) is 4.66. The maximum absolute atomic E-state index is 11.9. The van der Waals surface area contributed by atoms with Crippen molar-refractivity contribution in [1.29, 1.82) is 0 Å². The Morgan fingerprint density at radius 2 is 1.81 bits per heavy atom. The molecule has 3 nitrogen and oxygen atoms in total. The van der Waals surface area contributed by atoms with Crippen LogP contribution >= 0.6 is 22.6 Å². The van der Waals surface area contributed by atoms with Gasteiger partial charge in [-0.1, -0.05) is 18.2 Å². The topological polar surface area (TPSA) is 39.1 Å². The molecule has 0 aliphatic carbocycles. The number of rotatable bonds is 2. The molecule has 0 radical (unpaired) electrons. The number of carbonyl (C=O) groups is 1. The zero-order chi connectivity index (χ0) is 11.5. The Bertz CT molecular complexity index is 575. The van der Waals surface area contributed by atoms with Gasteiger partial charge in [0.15, 0.2) is 6.29 Å². The smallest absolute Gasteiger partial charge is 0.266 e. The second-order valence-corrected chi connectivity index (χ2v) is 4.37. The summed E-state index contributed by atoms with van der Waals surface area (Å²) in [4.78, 5) is 22.8. The summed E-state index contributed by atoms with van der Waals surface area (Å²) in [5, 5.41) is 0. The van der Waals surface area contributed by atoms with Crippen molar-refractivity contribution >= 4 is 28.9 Å². The first-order chi connectivity index (χ1) is 7.74. The molecule has 0 aliphatic rings. The van der Waals surface area contributed by atoms with Gasteiger partial charge in [-0.2, -0.15) is 0 Å². The zero-order valence-electron chi connectivity index (χ0n) is 8.26. The molecule has 2 aromatic rings. The summed E-state index contributed by atoms with van der Waals surface area (Å²) in [6.07, 6.45) is 2.27. The summed E-state index contributed by atoms with van der Waals surface area (Å²) < 4.78 is 2.14. The van der Waals surface area contributed by atoms with Crippen LogP contribution in [0.2, 0.25) is 0 Å². The molecule has 16 heavy (non-hydrogen) atoms. The van der Waals surface area contributed by atoms with Gasteiger partial charge in [0.05, 0.1) is 5.56 Å². The summed E-state index contributed by atoms with van der Waals surface area (Å²) in [6.45, 7) is 0. The molecule has 0 unspecified atom stereocenters. The summed E-state index contributed by atoms with van der Waals surface area (Å²) in [5.41, 5.74) is 0.673. The number of aldehydes is 1. The average molecular weight is 325 g/mol. The fourth-order valence-corrected chi connectivity index (χ4v) is 1.95. The normalized spacial score (nSPS) is 10.1. The molecule has 0 saturated carbocycles. The van der Waals surface area contributed by atoms with Crippen LogP contribution in [-0.4, -0.2) is 10.9 Å². The van der Waals surface area contributed by atoms with Crippen LogP contribution in [0.15, 0.2) is 47.4 Å². The lowest BCUT2D eigenvalue weighted by molar-refractivity contribution is 0.112. The maximum Gasteiger partial charge on any atom is 0.266 e. The van der Waals surface area contributed by atoms with E-state index in [0.29, 0.717) is 9.86 Å². The molecular formula is C12H8INO2. The average Bonchev–Trinajstić information content (AvgIpc) is 2.31. The van der Waals surface area contributed by atoms with E-state index in [1.807, 2.05) is 52.9 Å². The van der Waals surface area contributed by atoms with E-state index in [2.05, 4.69) is 0 Å². The highest BCUT2D eigenvalue weighted by atomic mass is 127. The number of aromatic nitrogens is 1. The van der Waals surface area contributed by atoms with Gasteiger partial charge >= 0.3 is 0 Å². The van der Waals surface area contributed by atoms with Gasteiger partial charge in [0.2, 0.25) is 0 Å². The molecular weight excluding hydrogens is 317 g/mol. The number of hydrogen-bond acceptors (Lipinski definition) is 2. The molecule has 2 rings (SSSR count). The highest BCUT2D eigenvalue weighted by molar-refractivity contribution is 14.1. The maximum atomic E-state index is 11.9. The number of hydrogen-bond donors (Lipinski definition) is 0. The Labute approximate surface area is 106 Å². The molecule has 1 aromatic carbocycles. The van der Waals surface area contributed by atoms with Crippen molar-refractivity contribution in [3.8, 4) is 5.69 Å². The van der Waals surface area contributed by atoms with Crippen molar-refractivity contribution in [1.82, 2.24) is 4.57 Å². The van der Waals surface area contributed by atoms with Crippen LogP contribution in [-0.2, 0) is 0 Å². The SMILES string of the molecule is O=Cc1c(I)ccn(-c2ccccc2)c1=O. The van der Waals surface area contributed by atoms with Crippen LogP contribution in [0.4, 0.5) is 0 Å². The Morgan fingerprint density at radius 3 is 2.44 bits per heavy atom. The lowest BCUT2D eigenvalue weighted by atomic mass is 10.2. The van der Waals surface area contributed by atoms with Crippen LogP contribution in [0, 0.1) is 3.57 Å². The van der Waals surface area contributed by atoms with Crippen LogP contribution in [0.1, 0.15) is 10.4 Å². The molecule has 0 N–H and O–H groups in total. The Balaban J connectivity index is 2.69. The zero-order valence-corrected chi connectivity index (χ0v) is 10.4. The molecule has 0 aliphatic heterocycles. The predicted octanol–water partition coefficient (Wildman–Crippen LogP) is 2.25. The number of halogens is 1. The number of nitrogens with zero attached hydrogens (tertiary/aromatic N) is 1. The van der Waals surface area contributed by atoms with E-state index in [9.17, 15) is 9.59 Å². The predicted molar refractivity (Wildman–Crippen MR) is 70.1 cm³/mol. The van der Waals surface area contributed by atoms with E-state index in [0.717, 1.165) is 5.69 Å². The summed E-state index contributed by atoms with van der Waals surface area (Å²) >= 11 is 1.98. The second kappa shape index (κ2) is 4.61. The Morgan fingerprint density at radius 1 is 1.12 bits per heavy atom. The van der Waals surface area contributed by atoms with Gasteiger partial charge in [-0.25, -0.2) is 0 Å². The number of para-hydroxylation sites is 1. The molecule has 0 saturated heterocycles. The van der Waals surface area contributed by atoms with Gasteiger partial charge in [-0.15, -0.1) is 0 Å². The molecule has 1 aromatic heterocycles. The van der Waals surface area contributed by atoms with Crippen LogP contribution < -0.4 is 5.56 Å². The van der Waals surface area contributed by atoms with Crippen molar-refractivity contribution in [3.63, 3.8) is 0 Å². The molecule has 80 valence electrons. The standard InChI is InChI=1S/C12H8INO2/c13-11-6-7-14(12(16)10(11)8-15)9-4-2-1-3-5-9/h1-8H. The number of benzene rings is 1. The van der Waals surface area contributed by atoms with Gasteiger partial charge in [-0.3, -0.25) is 14.2 Å². The van der Waals surface area contributed by atoms with Crippen LogP contribution in [0.5, 0.6) is 0 Å². The van der Waals surface area contributed by atoms with E-state index >= 15 is 0 Å². The summed E-state index contributed by atoms with van der Waals surface area (Å²) in [6, 6.07) is 11.0. The third-order valence-corrected chi connectivity index (χ3v) is 3.17. The first-order valence-corrected chi connectivity index (χ1v) is 5.73. The lowest BCUT2D eigenvalue weighted by Gasteiger charge is -2.06. The van der Waals surface area contributed by atoms with E-state index in [1.54, 1.807) is 12.3 Å². The molecule has 0 spiro atoms. The second-order valence-electron chi connectivity index (χ2n) is 3.21. The molecule has 0 amide bonds. The molecule has 0 atom stereocenters. The van der Waals surface area contributed by atoms with Crippen LogP contribution in [0.3, 0.4) is 0 Å². The molecule has 0 fully saturated rings. The van der Waals surface area contributed by atoms with E-state index < -0.39 is 0 Å². The van der Waals surface area contributed by atoms with Crippen molar-refractivity contribution < 1.29 is 4.79 Å². The quantitative estimate of drug-likeness (QED) is 0.628. The molecule has 0 bridgehead atoms. The van der Waals surface area contributed by atoms with Crippen molar-refractivity contribution in [2.75, 3.05) is 0 Å². The fourth-order valence-electron chi connectivity index (χ4n) is 1.43. The molecule has 4 heteroatoms. The van der Waals surface area contributed by atoms with Crippen molar-refractivity contribution in [3.05, 3.63) is 62.1 Å². The van der Waals surface area contributed by atoms with Gasteiger partial charge in [0.1, 0.15) is 0 Å². The Hall–Kier alpha value is -1.43. The van der Waals surface area contributed by atoms with Gasteiger partial charge in [0.25, 0.3) is 5.56 Å². The third-order valence-electron chi connectivity index (χ3n) is 2.23. The molecule has 1 heterocycles. The minimum Gasteiger partial charge on any atom is -0.298 e. The van der Waals surface area contributed by atoms with Crippen molar-refractivity contribution in [2.24, 2.45) is 0 Å². The monoisotopic (exact) mass is 325 g/mol. The van der Waals surface area contributed by atoms with Crippen LogP contribution in [0.25, 0.3) is 5.69 Å². The van der Waals surface area contributed by atoms with E-state index in [4.69, 9.17) is 0 Å². The third kappa shape index (κ3) is 1.92. The van der Waals surface area contributed by atoms with Gasteiger partial charge in [-0.05, 0) is 40.8 Å². The van der Waals surface area contributed by atoms with Gasteiger partial charge in [0, 0.05) is 15.5 Å². The first kappa shape index (κ1) is 11.1.